The molecule has 1 heterocycles. The first-order chi connectivity index (χ1) is 10.9. The van der Waals surface area contributed by atoms with Gasteiger partial charge in [-0.25, -0.2) is 4.79 Å². The van der Waals surface area contributed by atoms with Crippen LogP contribution in [0.5, 0.6) is 0 Å². The van der Waals surface area contributed by atoms with E-state index in [9.17, 15) is 14.7 Å². The number of ether oxygens (including phenoxy) is 1. The second-order valence-electron chi connectivity index (χ2n) is 7.97. The number of likely N-dealkylation sites (N-methyl/N-ethyl adjacent to an activating group) is 1. The average Bonchev–Trinajstić information content (AvgIpc) is 2.61. The summed E-state index contributed by atoms with van der Waals surface area (Å²) in [6, 6.07) is 0. The van der Waals surface area contributed by atoms with Crippen molar-refractivity contribution in [2.24, 2.45) is 0 Å². The van der Waals surface area contributed by atoms with Crippen LogP contribution in [0.25, 0.3) is 0 Å². The largest absolute Gasteiger partial charge is 0.444 e. The van der Waals surface area contributed by atoms with E-state index in [2.05, 4.69) is 4.90 Å². The van der Waals surface area contributed by atoms with Crippen molar-refractivity contribution in [2.75, 3.05) is 46.3 Å². The number of carbonyl (C=O) groups excluding carboxylic acids is 2. The summed E-state index contributed by atoms with van der Waals surface area (Å²) in [4.78, 5) is 28.9. The van der Waals surface area contributed by atoms with Crippen LogP contribution in [-0.2, 0) is 9.53 Å². The highest BCUT2D eigenvalue weighted by Crippen LogP contribution is 2.14. The van der Waals surface area contributed by atoms with E-state index in [4.69, 9.17) is 4.74 Å². The van der Waals surface area contributed by atoms with E-state index in [1.807, 2.05) is 25.7 Å². The molecule has 0 saturated carbocycles. The number of rotatable bonds is 4. The first-order valence-corrected chi connectivity index (χ1v) is 8.54. The Bertz CT molecular complexity index is 446. The molecule has 7 heteroatoms. The number of hydrogen-bond acceptors (Lipinski definition) is 5. The number of β-amino-alcohol motifs (C(OH)–C–C–N with tert-alkyl or cyclic N) is 1. The van der Waals surface area contributed by atoms with Gasteiger partial charge in [-0.3, -0.25) is 9.69 Å². The predicted octanol–water partition coefficient (Wildman–Crippen LogP) is 1.16. The molecule has 7 nitrogen and oxygen atoms in total. The molecule has 1 aliphatic heterocycles. The fourth-order valence-corrected chi connectivity index (χ4v) is 2.89. The number of amides is 2. The third kappa shape index (κ3) is 7.49. The van der Waals surface area contributed by atoms with Crippen molar-refractivity contribution in [3.05, 3.63) is 0 Å². The lowest BCUT2D eigenvalue weighted by molar-refractivity contribution is -0.128. The van der Waals surface area contributed by atoms with Crippen molar-refractivity contribution in [3.63, 3.8) is 0 Å². The van der Waals surface area contributed by atoms with Gasteiger partial charge in [0.05, 0.1) is 12.1 Å². The van der Waals surface area contributed by atoms with E-state index in [0.717, 1.165) is 26.1 Å². The van der Waals surface area contributed by atoms with Gasteiger partial charge >= 0.3 is 6.09 Å². The predicted molar refractivity (Wildman–Crippen MR) is 92.8 cm³/mol. The van der Waals surface area contributed by atoms with Crippen LogP contribution < -0.4 is 0 Å². The molecule has 1 N–H and O–H groups in total. The van der Waals surface area contributed by atoms with Crippen LogP contribution in [0.2, 0.25) is 0 Å². The molecule has 0 radical (unpaired) electrons. The van der Waals surface area contributed by atoms with Crippen molar-refractivity contribution in [3.8, 4) is 0 Å². The standard InChI is InChI=1S/C17H33N3O4/c1-14(21)20-9-7-8-19(10-11-20)13-17(5,23)12-18(6)15(22)24-16(2,3)4/h23H,7-13H2,1-6H3/t17-/m1/s1. The minimum Gasteiger partial charge on any atom is -0.444 e. The second kappa shape index (κ2) is 8.16. The Morgan fingerprint density at radius 1 is 1.12 bits per heavy atom. The van der Waals surface area contributed by atoms with Crippen LogP contribution in [0.4, 0.5) is 4.79 Å². The molecule has 0 aromatic rings. The van der Waals surface area contributed by atoms with Gasteiger partial charge in [-0.15, -0.1) is 0 Å². The summed E-state index contributed by atoms with van der Waals surface area (Å²) in [7, 11) is 1.63. The van der Waals surface area contributed by atoms with Crippen LogP contribution >= 0.6 is 0 Å². The summed E-state index contributed by atoms with van der Waals surface area (Å²) in [5.74, 6) is 0.0910. The quantitative estimate of drug-likeness (QED) is 0.829. The Balaban J connectivity index is 2.53. The van der Waals surface area contributed by atoms with Gasteiger partial charge in [-0.1, -0.05) is 0 Å². The van der Waals surface area contributed by atoms with Crippen LogP contribution in [-0.4, -0.2) is 89.3 Å². The third-order valence-electron chi connectivity index (χ3n) is 3.88. The second-order valence-corrected chi connectivity index (χ2v) is 7.97. The zero-order valence-corrected chi connectivity index (χ0v) is 16.0. The first-order valence-electron chi connectivity index (χ1n) is 8.54. The molecule has 1 fully saturated rings. The zero-order chi connectivity index (χ0) is 18.5. The molecule has 0 aromatic carbocycles. The van der Waals surface area contributed by atoms with E-state index in [0.29, 0.717) is 13.1 Å². The van der Waals surface area contributed by atoms with Crippen molar-refractivity contribution in [1.82, 2.24) is 14.7 Å². The van der Waals surface area contributed by atoms with Gasteiger partial charge in [0, 0.05) is 46.7 Å². The molecule has 1 atom stereocenters. The highest BCUT2D eigenvalue weighted by molar-refractivity contribution is 5.73. The van der Waals surface area contributed by atoms with Gasteiger partial charge in [0.15, 0.2) is 0 Å². The highest BCUT2D eigenvalue weighted by atomic mass is 16.6. The molecule has 0 aromatic heterocycles. The third-order valence-corrected chi connectivity index (χ3v) is 3.88. The van der Waals surface area contributed by atoms with Crippen LogP contribution in [0.1, 0.15) is 41.0 Å². The number of aliphatic hydroxyl groups is 1. The fourth-order valence-electron chi connectivity index (χ4n) is 2.89. The van der Waals surface area contributed by atoms with Gasteiger partial charge in [0.2, 0.25) is 5.91 Å². The first kappa shape index (κ1) is 20.7. The van der Waals surface area contributed by atoms with E-state index < -0.39 is 17.3 Å². The lowest BCUT2D eigenvalue weighted by Crippen LogP contribution is -2.50. The fraction of sp³-hybridized carbons (Fsp3) is 0.882. The maximum atomic E-state index is 12.0. The average molecular weight is 343 g/mol. The van der Waals surface area contributed by atoms with Crippen molar-refractivity contribution in [1.29, 1.82) is 0 Å². The summed E-state index contributed by atoms with van der Waals surface area (Å²) < 4.78 is 5.31. The normalized spacial score (nSPS) is 19.4. The van der Waals surface area contributed by atoms with Crippen molar-refractivity contribution in [2.45, 2.75) is 52.2 Å². The Kier molecular flexibility index (Phi) is 7.04. The molecular formula is C17H33N3O4. The molecule has 1 saturated heterocycles. The van der Waals surface area contributed by atoms with Crippen molar-refractivity contribution < 1.29 is 19.4 Å². The van der Waals surface area contributed by atoms with Gasteiger partial charge in [-0.2, -0.15) is 0 Å². The molecule has 0 bridgehead atoms. The molecule has 1 aliphatic rings. The minimum atomic E-state index is -1.04. The summed E-state index contributed by atoms with van der Waals surface area (Å²) in [5.41, 5.74) is -1.60. The Morgan fingerprint density at radius 3 is 2.29 bits per heavy atom. The van der Waals surface area contributed by atoms with E-state index in [-0.39, 0.29) is 12.5 Å². The van der Waals surface area contributed by atoms with Crippen LogP contribution in [0, 0.1) is 0 Å². The molecule has 2 amide bonds. The molecule has 140 valence electrons. The lowest BCUT2D eigenvalue weighted by Gasteiger charge is -2.34. The molecule has 0 aliphatic carbocycles. The van der Waals surface area contributed by atoms with E-state index in [1.54, 1.807) is 20.9 Å². The van der Waals surface area contributed by atoms with Gasteiger partial charge in [0.25, 0.3) is 0 Å². The van der Waals surface area contributed by atoms with E-state index >= 15 is 0 Å². The lowest BCUT2D eigenvalue weighted by atomic mass is 10.1. The zero-order valence-electron chi connectivity index (χ0n) is 16.0. The van der Waals surface area contributed by atoms with Gasteiger partial charge < -0.3 is 19.6 Å². The molecular weight excluding hydrogens is 310 g/mol. The maximum Gasteiger partial charge on any atom is 0.410 e. The molecule has 1 rings (SSSR count). The number of hydrogen-bond donors (Lipinski definition) is 1. The highest BCUT2D eigenvalue weighted by Gasteiger charge is 2.30. The monoisotopic (exact) mass is 343 g/mol. The summed E-state index contributed by atoms with van der Waals surface area (Å²) in [6.45, 7) is 12.4. The van der Waals surface area contributed by atoms with Crippen LogP contribution in [0.15, 0.2) is 0 Å². The molecule has 0 spiro atoms. The topological polar surface area (TPSA) is 73.3 Å². The summed E-state index contributed by atoms with van der Waals surface area (Å²) >= 11 is 0. The van der Waals surface area contributed by atoms with Gasteiger partial charge in [0.1, 0.15) is 5.60 Å². The van der Waals surface area contributed by atoms with Crippen molar-refractivity contribution >= 4 is 12.0 Å². The number of nitrogens with zero attached hydrogens (tertiary/aromatic N) is 3. The summed E-state index contributed by atoms with van der Waals surface area (Å²) in [5, 5.41) is 10.7. The Hall–Kier alpha value is -1.34. The molecule has 0 unspecified atom stereocenters. The number of carbonyl (C=O) groups is 2. The van der Waals surface area contributed by atoms with E-state index in [1.165, 1.54) is 4.90 Å². The summed E-state index contributed by atoms with van der Waals surface area (Å²) in [6.07, 6.45) is 0.443. The SMILES string of the molecule is CC(=O)N1CCCN(C[C@](C)(O)CN(C)C(=O)OC(C)(C)C)CC1. The Morgan fingerprint density at radius 2 is 1.75 bits per heavy atom. The maximum absolute atomic E-state index is 12.0. The minimum absolute atomic E-state index is 0.0910. The smallest absolute Gasteiger partial charge is 0.410 e. The Labute approximate surface area is 145 Å². The van der Waals surface area contributed by atoms with Gasteiger partial charge in [-0.05, 0) is 34.1 Å². The van der Waals surface area contributed by atoms with Crippen LogP contribution in [0.3, 0.4) is 0 Å². The molecule has 24 heavy (non-hydrogen) atoms.